The van der Waals surface area contributed by atoms with Gasteiger partial charge < -0.3 is 5.11 Å². The topological polar surface area (TPSA) is 54.4 Å². The normalized spacial score (nSPS) is 11.4. The van der Waals surface area contributed by atoms with Gasteiger partial charge in [0.1, 0.15) is 4.88 Å². The first kappa shape index (κ1) is 10.9. The van der Waals surface area contributed by atoms with Crippen molar-refractivity contribution in [3.63, 3.8) is 0 Å². The van der Waals surface area contributed by atoms with Gasteiger partial charge in [0.05, 0.1) is 4.88 Å². The highest BCUT2D eigenvalue weighted by Crippen LogP contribution is 2.25. The minimum atomic E-state index is -0.983. The van der Waals surface area contributed by atoms with E-state index >= 15 is 0 Å². The maximum atomic E-state index is 11.7. The van der Waals surface area contributed by atoms with Gasteiger partial charge in [-0.15, -0.1) is 11.3 Å². The van der Waals surface area contributed by atoms with Crippen molar-refractivity contribution in [3.05, 3.63) is 21.9 Å². The maximum Gasteiger partial charge on any atom is 0.345 e. The summed E-state index contributed by atoms with van der Waals surface area (Å²) >= 11 is 1.03. The van der Waals surface area contributed by atoms with Crippen LogP contribution in [0.25, 0.3) is 0 Å². The van der Waals surface area contributed by atoms with E-state index in [-0.39, 0.29) is 10.7 Å². The Morgan fingerprint density at radius 2 is 1.71 bits per heavy atom. The van der Waals surface area contributed by atoms with Crippen molar-refractivity contribution >= 4 is 23.1 Å². The molecule has 1 aromatic heterocycles. The molecule has 0 aliphatic heterocycles. The van der Waals surface area contributed by atoms with Crippen LogP contribution in [0, 0.1) is 5.41 Å². The second-order valence-corrected chi connectivity index (χ2v) is 5.13. The molecule has 1 heterocycles. The van der Waals surface area contributed by atoms with Crippen LogP contribution in [0.15, 0.2) is 12.1 Å². The van der Waals surface area contributed by atoms with Gasteiger partial charge in [-0.2, -0.15) is 0 Å². The van der Waals surface area contributed by atoms with Crippen LogP contribution in [0.5, 0.6) is 0 Å². The molecule has 0 fully saturated rings. The third-order valence-corrected chi connectivity index (χ3v) is 2.79. The Morgan fingerprint density at radius 1 is 1.21 bits per heavy atom. The molecule has 0 aliphatic carbocycles. The highest BCUT2D eigenvalue weighted by molar-refractivity contribution is 7.15. The van der Waals surface area contributed by atoms with E-state index < -0.39 is 11.4 Å². The van der Waals surface area contributed by atoms with Crippen LogP contribution in [0.4, 0.5) is 0 Å². The number of carbonyl (C=O) groups is 2. The zero-order valence-corrected chi connectivity index (χ0v) is 9.14. The lowest BCUT2D eigenvalue weighted by Crippen LogP contribution is -2.18. The van der Waals surface area contributed by atoms with Crippen molar-refractivity contribution in [1.82, 2.24) is 0 Å². The van der Waals surface area contributed by atoms with E-state index in [0.29, 0.717) is 4.88 Å². The van der Waals surface area contributed by atoms with Gasteiger partial charge in [-0.3, -0.25) is 4.79 Å². The summed E-state index contributed by atoms with van der Waals surface area (Å²) in [6, 6.07) is 3.04. The summed E-state index contributed by atoms with van der Waals surface area (Å²) in [5, 5.41) is 8.68. The Morgan fingerprint density at radius 3 is 2.07 bits per heavy atom. The monoisotopic (exact) mass is 212 g/mol. The summed E-state index contributed by atoms with van der Waals surface area (Å²) in [6.07, 6.45) is 0. The molecule has 4 heteroatoms. The average Bonchev–Trinajstić information content (AvgIpc) is 2.48. The number of hydrogen-bond acceptors (Lipinski definition) is 3. The van der Waals surface area contributed by atoms with E-state index in [9.17, 15) is 9.59 Å². The molecule has 0 saturated carbocycles. The van der Waals surface area contributed by atoms with E-state index in [1.165, 1.54) is 6.07 Å². The first-order valence-electron chi connectivity index (χ1n) is 4.20. The second kappa shape index (κ2) is 3.53. The fraction of sp³-hybridized carbons (Fsp3) is 0.400. The number of aromatic carboxylic acids is 1. The minimum Gasteiger partial charge on any atom is -0.477 e. The van der Waals surface area contributed by atoms with Crippen LogP contribution >= 0.6 is 11.3 Å². The van der Waals surface area contributed by atoms with Crippen LogP contribution in [0.2, 0.25) is 0 Å². The van der Waals surface area contributed by atoms with Crippen LogP contribution in [-0.2, 0) is 0 Å². The number of rotatable bonds is 2. The van der Waals surface area contributed by atoms with Gasteiger partial charge in [0.25, 0.3) is 0 Å². The summed E-state index contributed by atoms with van der Waals surface area (Å²) in [5.74, 6) is -1.00. The lowest BCUT2D eigenvalue weighted by atomic mass is 9.90. The minimum absolute atomic E-state index is 0.0185. The van der Waals surface area contributed by atoms with E-state index in [4.69, 9.17) is 5.11 Å². The van der Waals surface area contributed by atoms with Gasteiger partial charge in [0.2, 0.25) is 0 Å². The van der Waals surface area contributed by atoms with Gasteiger partial charge >= 0.3 is 5.97 Å². The molecule has 3 nitrogen and oxygen atoms in total. The lowest BCUT2D eigenvalue weighted by molar-refractivity contribution is 0.0702. The predicted octanol–water partition coefficient (Wildman–Crippen LogP) is 2.68. The first-order valence-corrected chi connectivity index (χ1v) is 5.02. The highest BCUT2D eigenvalue weighted by Gasteiger charge is 2.24. The Bertz CT molecular complexity index is 371. The standard InChI is InChI=1S/C10H12O3S/c1-10(2,3)8(11)6-4-5-7(14-6)9(12)13/h4-5H,1-3H3,(H,12,13). The molecule has 0 aliphatic rings. The fourth-order valence-electron chi connectivity index (χ4n) is 0.944. The van der Waals surface area contributed by atoms with E-state index in [0.717, 1.165) is 11.3 Å². The third kappa shape index (κ3) is 2.20. The Balaban J connectivity index is 2.99. The number of ketones is 1. The van der Waals surface area contributed by atoms with Gasteiger partial charge in [-0.25, -0.2) is 4.79 Å². The molecule has 1 aromatic rings. The van der Waals surface area contributed by atoms with Crippen molar-refractivity contribution in [2.75, 3.05) is 0 Å². The molecule has 1 rings (SSSR count). The SMILES string of the molecule is CC(C)(C)C(=O)c1ccc(C(=O)O)s1. The number of thiophene rings is 1. The van der Waals surface area contributed by atoms with Gasteiger partial charge in [0, 0.05) is 5.41 Å². The molecular weight excluding hydrogens is 200 g/mol. The molecule has 14 heavy (non-hydrogen) atoms. The summed E-state index contributed by atoms with van der Waals surface area (Å²) in [7, 11) is 0. The van der Waals surface area contributed by atoms with Crippen LogP contribution in [0.1, 0.15) is 40.1 Å². The number of hydrogen-bond donors (Lipinski definition) is 1. The zero-order chi connectivity index (χ0) is 10.9. The quantitative estimate of drug-likeness (QED) is 0.767. The average molecular weight is 212 g/mol. The molecule has 0 amide bonds. The number of carbonyl (C=O) groups excluding carboxylic acids is 1. The molecule has 0 unspecified atom stereocenters. The first-order chi connectivity index (χ1) is 6.32. The van der Waals surface area contributed by atoms with Gasteiger partial charge in [0.15, 0.2) is 5.78 Å². The van der Waals surface area contributed by atoms with Crippen LogP contribution in [-0.4, -0.2) is 16.9 Å². The van der Waals surface area contributed by atoms with E-state index in [1.807, 2.05) is 20.8 Å². The Labute approximate surface area is 86.4 Å². The second-order valence-electron chi connectivity index (χ2n) is 4.05. The van der Waals surface area contributed by atoms with Gasteiger partial charge in [-0.1, -0.05) is 20.8 Å². The van der Waals surface area contributed by atoms with E-state index in [2.05, 4.69) is 0 Å². The van der Waals surface area contributed by atoms with Crippen molar-refractivity contribution in [2.24, 2.45) is 5.41 Å². The third-order valence-electron chi connectivity index (χ3n) is 1.72. The smallest absolute Gasteiger partial charge is 0.345 e. The van der Waals surface area contributed by atoms with Crippen molar-refractivity contribution in [3.8, 4) is 0 Å². The number of carboxylic acid groups (broad SMARTS) is 1. The van der Waals surface area contributed by atoms with Crippen molar-refractivity contribution < 1.29 is 14.7 Å². The van der Waals surface area contributed by atoms with E-state index in [1.54, 1.807) is 6.07 Å². The maximum absolute atomic E-state index is 11.7. The summed E-state index contributed by atoms with van der Waals surface area (Å²) in [4.78, 5) is 23.0. The molecule has 0 spiro atoms. The molecule has 0 aromatic carbocycles. The number of carboxylic acids is 1. The highest BCUT2D eigenvalue weighted by atomic mass is 32.1. The van der Waals surface area contributed by atoms with Crippen molar-refractivity contribution in [1.29, 1.82) is 0 Å². The fourth-order valence-corrected chi connectivity index (χ4v) is 1.94. The largest absolute Gasteiger partial charge is 0.477 e. The summed E-state index contributed by atoms with van der Waals surface area (Å²) < 4.78 is 0. The lowest BCUT2D eigenvalue weighted by Gasteiger charge is -2.14. The molecule has 0 radical (unpaired) electrons. The molecular formula is C10H12O3S. The molecule has 0 atom stereocenters. The molecule has 1 N–H and O–H groups in total. The van der Waals surface area contributed by atoms with Crippen LogP contribution < -0.4 is 0 Å². The summed E-state index contributed by atoms with van der Waals surface area (Å²) in [6.45, 7) is 5.44. The number of Topliss-reactive ketones (excluding diaryl/α,β-unsaturated/α-hetero) is 1. The van der Waals surface area contributed by atoms with Crippen LogP contribution in [0.3, 0.4) is 0 Å². The predicted molar refractivity (Wildman–Crippen MR) is 55.1 cm³/mol. The molecule has 76 valence electrons. The Hall–Kier alpha value is -1.16. The van der Waals surface area contributed by atoms with Crippen molar-refractivity contribution in [2.45, 2.75) is 20.8 Å². The molecule has 0 bridgehead atoms. The Kier molecular flexibility index (Phi) is 2.76. The summed E-state index contributed by atoms with van der Waals surface area (Å²) in [5.41, 5.74) is -0.458. The zero-order valence-electron chi connectivity index (χ0n) is 8.33. The van der Waals surface area contributed by atoms with Gasteiger partial charge in [-0.05, 0) is 12.1 Å². The molecule has 0 saturated heterocycles.